The second-order valence-electron chi connectivity index (χ2n) is 8.26. The van der Waals surface area contributed by atoms with E-state index in [0.29, 0.717) is 22.3 Å². The molecule has 2 aliphatic rings. The molecule has 1 saturated heterocycles. The molecule has 1 aliphatic carbocycles. The smallest absolute Gasteiger partial charge is 0.278 e. The Kier molecular flexibility index (Phi) is 6.05. The fourth-order valence-corrected chi connectivity index (χ4v) is 6.94. The highest BCUT2D eigenvalue weighted by Gasteiger charge is 2.53. The van der Waals surface area contributed by atoms with Crippen molar-refractivity contribution in [3.05, 3.63) is 51.8 Å². The number of fused-ring (bicyclic) bond motifs is 3. The van der Waals surface area contributed by atoms with Crippen LogP contribution >= 0.6 is 15.9 Å². The molecule has 32 heavy (non-hydrogen) atoms. The highest BCUT2D eigenvalue weighted by atomic mass is 79.9. The van der Waals surface area contributed by atoms with Crippen molar-refractivity contribution < 1.29 is 17.9 Å². The number of amides is 1. The molecule has 4 rings (SSSR count). The monoisotopic (exact) mass is 523 g/mol. The minimum absolute atomic E-state index is 0.150. The van der Waals surface area contributed by atoms with Crippen molar-refractivity contribution in [1.29, 1.82) is 0 Å². The minimum Gasteiger partial charge on any atom is -0.494 e. The number of hydrogen-bond donors (Lipinski definition) is 3. The van der Waals surface area contributed by atoms with Crippen LogP contribution in [0.5, 0.6) is 5.75 Å². The number of carbonyl (C=O) groups excluding carboxylic acids is 1. The molecule has 172 valence electrons. The number of methoxy groups -OCH3 is 1. The van der Waals surface area contributed by atoms with Crippen LogP contribution in [0.4, 0.5) is 5.69 Å². The van der Waals surface area contributed by atoms with Crippen molar-refractivity contribution in [1.82, 2.24) is 14.6 Å². The van der Waals surface area contributed by atoms with Crippen molar-refractivity contribution in [3.63, 3.8) is 0 Å². The topological polar surface area (TPSA) is 127 Å². The summed E-state index contributed by atoms with van der Waals surface area (Å²) in [5.41, 5.74) is 7.78. The Hall–Kier alpha value is -2.05. The maximum atomic E-state index is 13.2. The van der Waals surface area contributed by atoms with E-state index < -0.39 is 33.0 Å². The number of nitrogens with zero attached hydrogens (tertiary/aromatic N) is 2. The molecule has 9 nitrogen and oxygen atoms in total. The molecule has 4 N–H and O–H groups in total. The van der Waals surface area contributed by atoms with Crippen LogP contribution in [-0.2, 0) is 22.0 Å². The van der Waals surface area contributed by atoms with Crippen molar-refractivity contribution >= 4 is 37.5 Å². The molecule has 2 heterocycles. The SMILES string of the molecule is COc1cc(Br)cnc1C(=O)Nc1ccc2c(c1)[C@@]1(C)NC(N)N(C)S(=O)(=O)[C@H]1CCC2. The molecule has 0 radical (unpaired) electrons. The normalized spacial score (nSPS) is 27.0. The minimum atomic E-state index is -3.60. The number of anilines is 1. The third-order valence-electron chi connectivity index (χ3n) is 6.34. The summed E-state index contributed by atoms with van der Waals surface area (Å²) in [6.07, 6.45) is 2.67. The summed E-state index contributed by atoms with van der Waals surface area (Å²) in [7, 11) is -0.636. The van der Waals surface area contributed by atoms with Crippen LogP contribution in [0.25, 0.3) is 0 Å². The zero-order valence-corrected chi connectivity index (χ0v) is 20.5. The number of carbonyl (C=O) groups is 1. The zero-order chi connectivity index (χ0) is 23.3. The molecule has 0 saturated carbocycles. The number of nitrogens with two attached hydrogens (primary N) is 1. The first kappa shape index (κ1) is 23.1. The fourth-order valence-electron chi connectivity index (χ4n) is 4.61. The lowest BCUT2D eigenvalue weighted by Gasteiger charge is -2.48. The first-order valence-corrected chi connectivity index (χ1v) is 12.5. The van der Waals surface area contributed by atoms with Gasteiger partial charge < -0.3 is 15.8 Å². The summed E-state index contributed by atoms with van der Waals surface area (Å²) in [6, 6.07) is 7.24. The van der Waals surface area contributed by atoms with E-state index in [0.717, 1.165) is 24.0 Å². The van der Waals surface area contributed by atoms with Crippen LogP contribution in [-0.4, -0.2) is 49.3 Å². The van der Waals surface area contributed by atoms with Crippen LogP contribution < -0.4 is 21.1 Å². The van der Waals surface area contributed by atoms with Gasteiger partial charge in [-0.2, -0.15) is 4.31 Å². The predicted molar refractivity (Wildman–Crippen MR) is 125 cm³/mol. The number of rotatable bonds is 3. The lowest BCUT2D eigenvalue weighted by molar-refractivity contribution is 0.101. The van der Waals surface area contributed by atoms with Crippen LogP contribution in [0.2, 0.25) is 0 Å². The van der Waals surface area contributed by atoms with Crippen LogP contribution in [0.3, 0.4) is 0 Å². The molecule has 1 aromatic heterocycles. The molecule has 0 bridgehead atoms. The Bertz CT molecular complexity index is 1170. The number of benzene rings is 1. The van der Waals surface area contributed by atoms with Crippen molar-refractivity contribution in [2.24, 2.45) is 5.73 Å². The summed E-state index contributed by atoms with van der Waals surface area (Å²) in [6.45, 7) is 1.87. The van der Waals surface area contributed by atoms with Gasteiger partial charge in [-0.3, -0.25) is 10.1 Å². The molecule has 1 aromatic carbocycles. The molecule has 1 amide bonds. The molecule has 1 fully saturated rings. The number of hydrogen-bond acceptors (Lipinski definition) is 7. The molecule has 1 unspecified atom stereocenters. The maximum Gasteiger partial charge on any atom is 0.278 e. The highest BCUT2D eigenvalue weighted by Crippen LogP contribution is 2.42. The number of aromatic nitrogens is 1. The van der Waals surface area contributed by atoms with E-state index in [4.69, 9.17) is 10.5 Å². The van der Waals surface area contributed by atoms with Gasteiger partial charge in [0.25, 0.3) is 5.91 Å². The zero-order valence-electron chi connectivity index (χ0n) is 18.1. The van der Waals surface area contributed by atoms with E-state index in [9.17, 15) is 13.2 Å². The molecule has 0 spiro atoms. The first-order valence-electron chi connectivity index (χ1n) is 10.2. The van der Waals surface area contributed by atoms with Gasteiger partial charge in [0.05, 0.1) is 17.9 Å². The van der Waals surface area contributed by atoms with E-state index >= 15 is 0 Å². The highest BCUT2D eigenvalue weighted by molar-refractivity contribution is 9.10. The third kappa shape index (κ3) is 3.81. The second kappa shape index (κ2) is 8.38. The van der Waals surface area contributed by atoms with Crippen LogP contribution in [0.1, 0.15) is 41.4 Å². The van der Waals surface area contributed by atoms with E-state index in [1.807, 2.05) is 25.1 Å². The van der Waals surface area contributed by atoms with Crippen molar-refractivity contribution in [3.8, 4) is 5.75 Å². The summed E-state index contributed by atoms with van der Waals surface area (Å²) in [5, 5.41) is 5.50. The van der Waals surface area contributed by atoms with E-state index in [1.54, 1.807) is 6.07 Å². The van der Waals surface area contributed by atoms with Gasteiger partial charge >= 0.3 is 0 Å². The van der Waals surface area contributed by atoms with Crippen LogP contribution in [0, 0.1) is 0 Å². The van der Waals surface area contributed by atoms with Gasteiger partial charge in [0.1, 0.15) is 6.29 Å². The number of sulfonamides is 1. The molecule has 1 aliphatic heterocycles. The van der Waals surface area contributed by atoms with Crippen molar-refractivity contribution in [2.75, 3.05) is 19.5 Å². The van der Waals surface area contributed by atoms with Gasteiger partial charge in [0.15, 0.2) is 11.4 Å². The molecule has 11 heteroatoms. The average molecular weight is 524 g/mol. The van der Waals surface area contributed by atoms with Gasteiger partial charge in [-0.15, -0.1) is 0 Å². The van der Waals surface area contributed by atoms with Crippen LogP contribution in [0.15, 0.2) is 34.9 Å². The second-order valence-corrected chi connectivity index (χ2v) is 11.4. The standard InChI is InChI=1S/C21H26BrN5O4S/c1-21-15-10-14(25-19(28)18-16(31-3)9-13(22)11-24-18)8-7-12(15)5-4-6-17(21)32(29,30)27(2)20(23)26-21/h7-11,17,20,26H,4-6,23H2,1-3H3,(H,25,28)/t17-,20?,21+/m0/s1. The number of aryl methyl sites for hydroxylation is 1. The summed E-state index contributed by atoms with van der Waals surface area (Å²) >= 11 is 3.31. The fraction of sp³-hybridized carbons (Fsp3) is 0.429. The Labute approximate surface area is 195 Å². The summed E-state index contributed by atoms with van der Waals surface area (Å²) < 4.78 is 33.5. The number of ether oxygens (including phenoxy) is 1. The average Bonchev–Trinajstić information content (AvgIpc) is 2.89. The van der Waals surface area contributed by atoms with E-state index in [1.165, 1.54) is 24.7 Å². The summed E-state index contributed by atoms with van der Waals surface area (Å²) in [5.74, 6) is -0.0852. The lowest BCUT2D eigenvalue weighted by atomic mass is 9.85. The van der Waals surface area contributed by atoms with Crippen molar-refractivity contribution in [2.45, 2.75) is 43.3 Å². The van der Waals surface area contributed by atoms with Gasteiger partial charge in [0, 0.05) is 23.4 Å². The van der Waals surface area contributed by atoms with Gasteiger partial charge in [-0.1, -0.05) is 6.07 Å². The largest absolute Gasteiger partial charge is 0.494 e. The Morgan fingerprint density at radius 2 is 2.16 bits per heavy atom. The molecular formula is C21H26BrN5O4S. The third-order valence-corrected chi connectivity index (χ3v) is 9.23. The number of halogens is 1. The Morgan fingerprint density at radius 3 is 2.88 bits per heavy atom. The molecular weight excluding hydrogens is 498 g/mol. The van der Waals surface area contributed by atoms with E-state index in [2.05, 4.69) is 31.5 Å². The van der Waals surface area contributed by atoms with E-state index in [-0.39, 0.29) is 5.69 Å². The molecule has 2 aromatic rings. The Morgan fingerprint density at radius 1 is 1.41 bits per heavy atom. The lowest BCUT2D eigenvalue weighted by Crippen LogP contribution is -2.70. The Balaban J connectivity index is 1.72. The summed E-state index contributed by atoms with van der Waals surface area (Å²) in [4.78, 5) is 17.1. The maximum absolute atomic E-state index is 13.2. The van der Waals surface area contributed by atoms with Gasteiger partial charge in [0.2, 0.25) is 10.0 Å². The number of pyridine rings is 1. The predicted octanol–water partition coefficient (Wildman–Crippen LogP) is 2.13. The number of nitrogens with one attached hydrogen (secondary N) is 2. The molecule has 3 atom stereocenters. The quantitative estimate of drug-likeness (QED) is 0.562. The first-order chi connectivity index (χ1) is 15.1. The van der Waals surface area contributed by atoms with Gasteiger partial charge in [-0.25, -0.2) is 13.4 Å². The van der Waals surface area contributed by atoms with Gasteiger partial charge in [-0.05, 0) is 71.4 Å².